The molecule has 0 aliphatic heterocycles. The molecular formula is C10H11ClF3NO. The van der Waals surface area contributed by atoms with Crippen LogP contribution in [0.25, 0.3) is 0 Å². The molecule has 90 valence electrons. The van der Waals surface area contributed by atoms with Crippen LogP contribution in [0.4, 0.5) is 18.9 Å². The van der Waals surface area contributed by atoms with Gasteiger partial charge in [0.05, 0.1) is 19.6 Å². The molecule has 0 aliphatic rings. The predicted molar refractivity (Wildman–Crippen MR) is 56.2 cm³/mol. The van der Waals surface area contributed by atoms with Crippen molar-refractivity contribution in [3.8, 4) is 0 Å². The molecule has 2 nitrogen and oxygen atoms in total. The van der Waals surface area contributed by atoms with Gasteiger partial charge in [0, 0.05) is 16.3 Å². The first-order chi connectivity index (χ1) is 7.38. The Morgan fingerprint density at radius 3 is 2.56 bits per heavy atom. The minimum Gasteiger partial charge on any atom is -0.398 e. The highest BCUT2D eigenvalue weighted by molar-refractivity contribution is 6.30. The summed E-state index contributed by atoms with van der Waals surface area (Å²) in [5.41, 5.74) is 6.65. The highest BCUT2D eigenvalue weighted by Gasteiger charge is 2.26. The van der Waals surface area contributed by atoms with Crippen LogP contribution in [0.3, 0.4) is 0 Å². The van der Waals surface area contributed by atoms with Crippen LogP contribution in [0.1, 0.15) is 12.0 Å². The zero-order valence-electron chi connectivity index (χ0n) is 8.35. The fourth-order valence-electron chi connectivity index (χ4n) is 1.07. The van der Waals surface area contributed by atoms with Gasteiger partial charge < -0.3 is 10.5 Å². The van der Waals surface area contributed by atoms with Crippen LogP contribution >= 0.6 is 11.6 Å². The van der Waals surface area contributed by atoms with E-state index in [0.717, 1.165) is 0 Å². The van der Waals surface area contributed by atoms with Gasteiger partial charge in [-0.1, -0.05) is 17.7 Å². The second-order valence-corrected chi connectivity index (χ2v) is 3.70. The molecule has 0 heterocycles. The third-order valence-electron chi connectivity index (χ3n) is 1.90. The van der Waals surface area contributed by atoms with Crippen molar-refractivity contribution in [2.24, 2.45) is 0 Å². The van der Waals surface area contributed by atoms with Gasteiger partial charge >= 0.3 is 6.18 Å². The lowest BCUT2D eigenvalue weighted by Gasteiger charge is -2.09. The molecule has 0 amide bonds. The number of ether oxygens (including phenoxy) is 1. The highest BCUT2D eigenvalue weighted by Crippen LogP contribution is 2.21. The average molecular weight is 254 g/mol. The van der Waals surface area contributed by atoms with E-state index in [1.54, 1.807) is 12.1 Å². The van der Waals surface area contributed by atoms with Crippen LogP contribution < -0.4 is 5.73 Å². The lowest BCUT2D eigenvalue weighted by atomic mass is 10.2. The summed E-state index contributed by atoms with van der Waals surface area (Å²) in [6, 6.07) is 4.77. The zero-order valence-corrected chi connectivity index (χ0v) is 9.11. The predicted octanol–water partition coefficient (Wildman–Crippen LogP) is 3.39. The molecule has 2 N–H and O–H groups in total. The Kier molecular flexibility index (Phi) is 4.44. The summed E-state index contributed by atoms with van der Waals surface area (Å²) in [5, 5.41) is 0.483. The fourth-order valence-corrected chi connectivity index (χ4v) is 1.25. The van der Waals surface area contributed by atoms with Gasteiger partial charge in [0.25, 0.3) is 0 Å². The normalized spacial score (nSPS) is 11.8. The van der Waals surface area contributed by atoms with Gasteiger partial charge in [0.15, 0.2) is 0 Å². The van der Waals surface area contributed by atoms with E-state index in [1.165, 1.54) is 6.07 Å². The number of nitrogens with two attached hydrogens (primary N) is 1. The zero-order chi connectivity index (χ0) is 12.2. The van der Waals surface area contributed by atoms with Gasteiger partial charge in [0.2, 0.25) is 0 Å². The van der Waals surface area contributed by atoms with E-state index in [-0.39, 0.29) is 13.2 Å². The molecule has 1 aromatic carbocycles. The molecule has 0 fully saturated rings. The van der Waals surface area contributed by atoms with Gasteiger partial charge in [-0.3, -0.25) is 0 Å². The molecular weight excluding hydrogens is 243 g/mol. The summed E-state index contributed by atoms with van der Waals surface area (Å²) in [7, 11) is 0. The largest absolute Gasteiger partial charge is 0.398 e. The van der Waals surface area contributed by atoms with E-state index in [9.17, 15) is 13.2 Å². The van der Waals surface area contributed by atoms with Crippen LogP contribution in [0.15, 0.2) is 18.2 Å². The Balaban J connectivity index is 2.38. The number of nitrogen functional groups attached to an aromatic ring is 1. The van der Waals surface area contributed by atoms with Crippen molar-refractivity contribution in [3.05, 3.63) is 28.8 Å². The Morgan fingerprint density at radius 1 is 1.31 bits per heavy atom. The number of rotatable bonds is 4. The van der Waals surface area contributed by atoms with Crippen molar-refractivity contribution in [2.45, 2.75) is 19.2 Å². The maximum absolute atomic E-state index is 11.8. The summed E-state index contributed by atoms with van der Waals surface area (Å²) in [4.78, 5) is 0. The molecule has 0 aliphatic carbocycles. The third-order valence-corrected chi connectivity index (χ3v) is 2.13. The van der Waals surface area contributed by atoms with Crippen LogP contribution in [0.2, 0.25) is 5.02 Å². The minimum atomic E-state index is -4.19. The van der Waals surface area contributed by atoms with Crippen molar-refractivity contribution in [1.29, 1.82) is 0 Å². The number of alkyl halides is 3. The molecule has 0 bridgehead atoms. The van der Waals surface area contributed by atoms with Gasteiger partial charge in [-0.25, -0.2) is 0 Å². The minimum absolute atomic E-state index is 0.0546. The summed E-state index contributed by atoms with van der Waals surface area (Å²) in [6.45, 7) is -0.315. The van der Waals surface area contributed by atoms with Gasteiger partial charge in [0.1, 0.15) is 0 Å². The van der Waals surface area contributed by atoms with E-state index in [4.69, 9.17) is 22.1 Å². The second-order valence-electron chi connectivity index (χ2n) is 3.26. The first-order valence-corrected chi connectivity index (χ1v) is 4.95. The molecule has 0 unspecified atom stereocenters. The first kappa shape index (κ1) is 13.1. The molecule has 0 spiro atoms. The first-order valence-electron chi connectivity index (χ1n) is 4.57. The van der Waals surface area contributed by atoms with E-state index in [1.807, 2.05) is 0 Å². The molecule has 0 aromatic heterocycles. The number of benzene rings is 1. The third kappa shape index (κ3) is 4.72. The quantitative estimate of drug-likeness (QED) is 0.659. The van der Waals surface area contributed by atoms with E-state index < -0.39 is 12.6 Å². The number of hydrogen-bond acceptors (Lipinski definition) is 2. The molecule has 16 heavy (non-hydrogen) atoms. The van der Waals surface area contributed by atoms with E-state index in [2.05, 4.69) is 0 Å². The molecule has 1 aromatic rings. The SMILES string of the molecule is Nc1cc(Cl)ccc1COCCC(F)(F)F. The summed E-state index contributed by atoms with van der Waals surface area (Å²) in [6.07, 6.45) is -5.15. The average Bonchev–Trinajstić information content (AvgIpc) is 2.13. The van der Waals surface area contributed by atoms with Gasteiger partial charge in [-0.15, -0.1) is 0 Å². The fraction of sp³-hybridized carbons (Fsp3) is 0.400. The van der Waals surface area contributed by atoms with Crippen molar-refractivity contribution >= 4 is 17.3 Å². The maximum atomic E-state index is 11.8. The molecule has 1 rings (SSSR count). The Hall–Kier alpha value is -0.940. The van der Waals surface area contributed by atoms with E-state index in [0.29, 0.717) is 16.3 Å². The number of anilines is 1. The van der Waals surface area contributed by atoms with Crippen LogP contribution in [0.5, 0.6) is 0 Å². The topological polar surface area (TPSA) is 35.2 Å². The number of halogens is 4. The highest BCUT2D eigenvalue weighted by atomic mass is 35.5. The van der Waals surface area contributed by atoms with Crippen molar-refractivity contribution in [2.75, 3.05) is 12.3 Å². The van der Waals surface area contributed by atoms with Crippen molar-refractivity contribution in [3.63, 3.8) is 0 Å². The summed E-state index contributed by atoms with van der Waals surface area (Å²) < 4.78 is 40.2. The molecule has 0 saturated heterocycles. The number of hydrogen-bond donors (Lipinski definition) is 1. The second kappa shape index (κ2) is 5.41. The molecule has 0 radical (unpaired) electrons. The van der Waals surface area contributed by atoms with Gasteiger partial charge in [-0.2, -0.15) is 13.2 Å². The smallest absolute Gasteiger partial charge is 0.391 e. The van der Waals surface area contributed by atoms with E-state index >= 15 is 0 Å². The summed E-state index contributed by atoms with van der Waals surface area (Å²) >= 11 is 5.67. The Bertz CT molecular complexity index is 354. The molecule has 6 heteroatoms. The standard InChI is InChI=1S/C10H11ClF3NO/c11-8-2-1-7(9(15)5-8)6-16-4-3-10(12,13)14/h1-2,5H,3-4,6,15H2. The monoisotopic (exact) mass is 253 g/mol. The van der Waals surface area contributed by atoms with Crippen molar-refractivity contribution < 1.29 is 17.9 Å². The molecule has 0 saturated carbocycles. The maximum Gasteiger partial charge on any atom is 0.391 e. The Morgan fingerprint density at radius 2 is 2.00 bits per heavy atom. The Labute approximate surface area is 96.1 Å². The van der Waals surface area contributed by atoms with Crippen molar-refractivity contribution in [1.82, 2.24) is 0 Å². The van der Waals surface area contributed by atoms with Gasteiger partial charge in [-0.05, 0) is 12.1 Å². The van der Waals surface area contributed by atoms with Crippen LogP contribution in [0, 0.1) is 0 Å². The van der Waals surface area contributed by atoms with Crippen LogP contribution in [-0.2, 0) is 11.3 Å². The lowest BCUT2D eigenvalue weighted by Crippen LogP contribution is -2.11. The summed E-state index contributed by atoms with van der Waals surface area (Å²) in [5.74, 6) is 0. The van der Waals surface area contributed by atoms with Crippen LogP contribution in [-0.4, -0.2) is 12.8 Å². The lowest BCUT2D eigenvalue weighted by molar-refractivity contribution is -0.146. The molecule has 0 atom stereocenters.